The van der Waals surface area contributed by atoms with Crippen LogP contribution in [0.4, 0.5) is 0 Å². The van der Waals surface area contributed by atoms with Crippen molar-refractivity contribution in [3.05, 3.63) is 29.8 Å². The third-order valence-corrected chi connectivity index (χ3v) is 7.03. The minimum absolute atomic E-state index is 0. The number of sulfone groups is 1. The summed E-state index contributed by atoms with van der Waals surface area (Å²) in [5, 5.41) is 6.37. The molecule has 0 aliphatic carbocycles. The molecule has 0 bridgehead atoms. The van der Waals surface area contributed by atoms with Gasteiger partial charge in [0.15, 0.2) is 15.8 Å². The van der Waals surface area contributed by atoms with Crippen LogP contribution in [0.15, 0.2) is 34.2 Å². The topological polar surface area (TPSA) is 90.9 Å². The lowest BCUT2D eigenvalue weighted by Gasteiger charge is -2.20. The number of guanidine groups is 1. The van der Waals surface area contributed by atoms with Gasteiger partial charge in [0.2, 0.25) is 5.91 Å². The van der Waals surface area contributed by atoms with Crippen LogP contribution >= 0.6 is 24.0 Å². The molecule has 1 aromatic rings. The van der Waals surface area contributed by atoms with Crippen LogP contribution in [0.2, 0.25) is 0 Å². The van der Waals surface area contributed by atoms with Gasteiger partial charge in [0, 0.05) is 38.6 Å². The molecule has 1 aromatic carbocycles. The number of aliphatic imine (C=N–C) groups is 1. The van der Waals surface area contributed by atoms with E-state index in [1.54, 1.807) is 19.2 Å². The molecule has 1 atom stereocenters. The van der Waals surface area contributed by atoms with Crippen molar-refractivity contribution in [1.82, 2.24) is 15.5 Å². The van der Waals surface area contributed by atoms with E-state index in [2.05, 4.69) is 36.4 Å². The molecule has 0 aromatic heterocycles. The molecule has 1 heterocycles. The highest BCUT2D eigenvalue weighted by Gasteiger charge is 2.28. The Hall–Kier alpha value is -1.36. The van der Waals surface area contributed by atoms with Gasteiger partial charge in [-0.05, 0) is 29.5 Å². The Kier molecular flexibility index (Phi) is 10.3. The fourth-order valence-electron chi connectivity index (χ4n) is 3.42. The van der Waals surface area contributed by atoms with Crippen molar-refractivity contribution in [3.8, 4) is 0 Å². The van der Waals surface area contributed by atoms with Gasteiger partial charge in [-0.3, -0.25) is 9.79 Å². The van der Waals surface area contributed by atoms with Crippen LogP contribution in [-0.2, 0) is 20.0 Å². The first-order valence-electron chi connectivity index (χ1n) is 10.5. The maximum atomic E-state index is 12.6. The third kappa shape index (κ3) is 7.93. The van der Waals surface area contributed by atoms with Gasteiger partial charge in [0.25, 0.3) is 0 Å². The molecule has 0 spiro atoms. The van der Waals surface area contributed by atoms with Crippen molar-refractivity contribution in [1.29, 1.82) is 0 Å². The SMILES string of the molecule is CN=C(NCCS(=O)(=O)c1ccc(C(C)(C)C)cc1)NC1CCN(C(=O)C(C)C)C1.I. The number of halogens is 1. The monoisotopic (exact) mass is 564 g/mol. The van der Waals surface area contributed by atoms with Crippen molar-refractivity contribution in [3.63, 3.8) is 0 Å². The molecular weight excluding hydrogens is 527 g/mol. The van der Waals surface area contributed by atoms with E-state index < -0.39 is 9.84 Å². The Morgan fingerprint density at radius 3 is 2.35 bits per heavy atom. The Labute approximate surface area is 204 Å². The molecule has 1 aliphatic rings. The zero-order valence-corrected chi connectivity index (χ0v) is 22.6. The average Bonchev–Trinajstić information content (AvgIpc) is 3.14. The highest BCUT2D eigenvalue weighted by molar-refractivity contribution is 14.0. The number of nitrogens with one attached hydrogen (secondary N) is 2. The van der Waals surface area contributed by atoms with Crippen molar-refractivity contribution in [2.75, 3.05) is 32.4 Å². The molecule has 1 unspecified atom stereocenters. The lowest BCUT2D eigenvalue weighted by Crippen LogP contribution is -2.46. The quantitative estimate of drug-likeness (QED) is 0.315. The number of amides is 1. The Balaban J connectivity index is 0.00000480. The van der Waals surface area contributed by atoms with Gasteiger partial charge in [-0.2, -0.15) is 0 Å². The minimum atomic E-state index is -3.38. The standard InChI is InChI=1S/C22H36N4O3S.HI/c1-16(2)20(27)26-13-11-18(15-26)25-21(23-6)24-12-14-30(28,29)19-9-7-17(8-10-19)22(3,4)5;/h7-10,16,18H,11-15H2,1-6H3,(H2,23,24,25);1H. The van der Waals surface area contributed by atoms with Gasteiger partial charge in [-0.1, -0.05) is 46.8 Å². The molecule has 0 saturated carbocycles. The number of carbonyl (C=O) groups excluding carboxylic acids is 1. The lowest BCUT2D eigenvalue weighted by atomic mass is 9.87. The van der Waals surface area contributed by atoms with Crippen LogP contribution in [-0.4, -0.2) is 63.7 Å². The van der Waals surface area contributed by atoms with Crippen molar-refractivity contribution in [2.45, 2.75) is 57.4 Å². The van der Waals surface area contributed by atoms with Gasteiger partial charge < -0.3 is 15.5 Å². The fourth-order valence-corrected chi connectivity index (χ4v) is 4.57. The molecule has 1 amide bonds. The first-order chi connectivity index (χ1) is 13.9. The zero-order valence-electron chi connectivity index (χ0n) is 19.4. The number of rotatable bonds is 6. The van der Waals surface area contributed by atoms with E-state index in [9.17, 15) is 13.2 Å². The summed E-state index contributed by atoms with van der Waals surface area (Å²) < 4.78 is 25.3. The number of nitrogens with zero attached hydrogens (tertiary/aromatic N) is 2. The summed E-state index contributed by atoms with van der Waals surface area (Å²) in [5.41, 5.74) is 1.09. The van der Waals surface area contributed by atoms with Gasteiger partial charge in [-0.15, -0.1) is 24.0 Å². The van der Waals surface area contributed by atoms with E-state index in [4.69, 9.17) is 0 Å². The first kappa shape index (κ1) is 27.7. The van der Waals surface area contributed by atoms with E-state index >= 15 is 0 Å². The summed E-state index contributed by atoms with van der Waals surface area (Å²) in [4.78, 5) is 18.5. The van der Waals surface area contributed by atoms with E-state index in [0.717, 1.165) is 18.5 Å². The summed E-state index contributed by atoms with van der Waals surface area (Å²) in [7, 11) is -1.73. The second kappa shape index (κ2) is 11.5. The fraction of sp³-hybridized carbons (Fsp3) is 0.636. The number of hydrogen-bond acceptors (Lipinski definition) is 4. The summed E-state index contributed by atoms with van der Waals surface area (Å²) in [6.45, 7) is 11.7. The normalized spacial score (nSPS) is 17.5. The summed E-state index contributed by atoms with van der Waals surface area (Å²) in [5.74, 6) is 0.678. The largest absolute Gasteiger partial charge is 0.355 e. The maximum absolute atomic E-state index is 12.6. The van der Waals surface area contributed by atoms with Crippen LogP contribution in [0.5, 0.6) is 0 Å². The van der Waals surface area contributed by atoms with Crippen LogP contribution in [0.25, 0.3) is 0 Å². The second-order valence-corrected chi connectivity index (χ2v) is 11.3. The van der Waals surface area contributed by atoms with Gasteiger partial charge >= 0.3 is 0 Å². The predicted molar refractivity (Wildman–Crippen MR) is 137 cm³/mol. The smallest absolute Gasteiger partial charge is 0.225 e. The molecule has 1 saturated heterocycles. The third-order valence-electron chi connectivity index (χ3n) is 5.30. The molecule has 31 heavy (non-hydrogen) atoms. The molecule has 7 nitrogen and oxygen atoms in total. The summed E-state index contributed by atoms with van der Waals surface area (Å²) in [6, 6.07) is 7.24. The Morgan fingerprint density at radius 1 is 1.23 bits per heavy atom. The first-order valence-corrected chi connectivity index (χ1v) is 12.2. The number of likely N-dealkylation sites (tertiary alicyclic amines) is 1. The molecule has 2 N–H and O–H groups in total. The van der Waals surface area contributed by atoms with Gasteiger partial charge in [0.05, 0.1) is 10.6 Å². The Morgan fingerprint density at radius 2 is 1.84 bits per heavy atom. The van der Waals surface area contributed by atoms with Crippen LogP contribution < -0.4 is 10.6 Å². The van der Waals surface area contributed by atoms with Gasteiger partial charge in [-0.25, -0.2) is 8.42 Å². The summed E-state index contributed by atoms with van der Waals surface area (Å²) in [6.07, 6.45) is 0.845. The molecule has 1 fully saturated rings. The van der Waals surface area contributed by atoms with Crippen molar-refractivity contribution in [2.24, 2.45) is 10.9 Å². The van der Waals surface area contributed by atoms with E-state index in [1.165, 1.54) is 0 Å². The predicted octanol–water partition coefficient (Wildman–Crippen LogP) is 2.80. The van der Waals surface area contributed by atoms with E-state index in [0.29, 0.717) is 17.4 Å². The van der Waals surface area contributed by atoms with Crippen LogP contribution in [0, 0.1) is 5.92 Å². The zero-order chi connectivity index (χ0) is 22.5. The molecule has 1 aliphatic heterocycles. The molecule has 0 radical (unpaired) electrons. The van der Waals surface area contributed by atoms with Gasteiger partial charge in [0.1, 0.15) is 0 Å². The number of carbonyl (C=O) groups is 1. The number of hydrogen-bond donors (Lipinski definition) is 2. The van der Waals surface area contributed by atoms with Crippen molar-refractivity contribution < 1.29 is 13.2 Å². The molecule has 176 valence electrons. The molecule has 9 heteroatoms. The van der Waals surface area contributed by atoms with E-state index in [1.807, 2.05) is 30.9 Å². The average molecular weight is 565 g/mol. The molecule has 2 rings (SSSR count). The highest BCUT2D eigenvalue weighted by atomic mass is 127. The van der Waals surface area contributed by atoms with Crippen LogP contribution in [0.1, 0.15) is 46.6 Å². The second-order valence-electron chi connectivity index (χ2n) is 9.16. The number of benzene rings is 1. The molecular formula is C22H37IN4O3S. The van der Waals surface area contributed by atoms with Crippen LogP contribution in [0.3, 0.4) is 0 Å². The maximum Gasteiger partial charge on any atom is 0.225 e. The lowest BCUT2D eigenvalue weighted by molar-refractivity contribution is -0.133. The highest BCUT2D eigenvalue weighted by Crippen LogP contribution is 2.23. The minimum Gasteiger partial charge on any atom is -0.355 e. The summed E-state index contributed by atoms with van der Waals surface area (Å²) >= 11 is 0. The Bertz CT molecular complexity index is 862. The van der Waals surface area contributed by atoms with E-state index in [-0.39, 0.29) is 59.6 Å². The van der Waals surface area contributed by atoms with Crippen molar-refractivity contribution >= 4 is 45.7 Å².